The Bertz CT molecular complexity index is 1010. The average molecular weight is 491 g/mol. The van der Waals surface area contributed by atoms with Gasteiger partial charge in [-0.15, -0.1) is 0 Å². The average Bonchev–Trinajstić information content (AvgIpc) is 3.21. The number of piperidine rings is 2. The molecule has 0 N–H and O–H groups in total. The van der Waals surface area contributed by atoms with Crippen molar-refractivity contribution in [1.82, 2.24) is 9.80 Å². The summed E-state index contributed by atoms with van der Waals surface area (Å²) in [5.41, 5.74) is 3.38. The smallest absolute Gasteiger partial charge is 0.194 e. The number of likely N-dealkylation sites (tertiary alicyclic amines) is 2. The van der Waals surface area contributed by atoms with Crippen molar-refractivity contribution in [3.8, 4) is 22.6 Å². The van der Waals surface area contributed by atoms with Crippen LogP contribution in [0.5, 0.6) is 11.5 Å². The zero-order valence-electron chi connectivity index (χ0n) is 21.8. The maximum atomic E-state index is 13.0. The number of ether oxygens (including phenoxy) is 2. The van der Waals surface area contributed by atoms with E-state index in [4.69, 9.17) is 9.47 Å². The predicted octanol–water partition coefficient (Wildman–Crippen LogP) is 6.19. The summed E-state index contributed by atoms with van der Waals surface area (Å²) >= 11 is 0. The predicted molar refractivity (Wildman–Crippen MR) is 145 cm³/mol. The van der Waals surface area contributed by atoms with E-state index < -0.39 is 0 Å². The molecule has 2 heterocycles. The Hall–Kier alpha value is -2.37. The van der Waals surface area contributed by atoms with Gasteiger partial charge in [-0.3, -0.25) is 4.79 Å². The fraction of sp³-hybridized carbons (Fsp3) is 0.581. The summed E-state index contributed by atoms with van der Waals surface area (Å²) in [6.45, 7) is 8.72. The van der Waals surface area contributed by atoms with Crippen LogP contribution in [0.3, 0.4) is 0 Å². The van der Waals surface area contributed by atoms with Crippen molar-refractivity contribution in [1.29, 1.82) is 0 Å². The van der Waals surface area contributed by atoms with E-state index in [-0.39, 0.29) is 5.78 Å². The number of hydrogen-bond donors (Lipinski definition) is 0. The summed E-state index contributed by atoms with van der Waals surface area (Å²) in [5.74, 6) is 1.74. The summed E-state index contributed by atoms with van der Waals surface area (Å²) in [6.07, 6.45) is 12.5. The Morgan fingerprint density at radius 2 is 1.28 bits per heavy atom. The van der Waals surface area contributed by atoms with Gasteiger partial charge in [0.1, 0.15) is 11.5 Å². The van der Waals surface area contributed by atoms with Crippen LogP contribution < -0.4 is 9.47 Å². The minimum atomic E-state index is 0.0867. The molecular formula is C31H42N2O3. The first kappa shape index (κ1) is 25.3. The Morgan fingerprint density at radius 1 is 0.639 bits per heavy atom. The molecule has 5 rings (SSSR count). The summed E-state index contributed by atoms with van der Waals surface area (Å²) in [7, 11) is 0. The molecule has 0 unspecified atom stereocenters. The molecule has 2 aromatic carbocycles. The SMILES string of the molecule is O=C1c2ccc(OCCCCN3CCCCC3)cc2-c2c(OCCCCN3CCCCC3)cccc21. The molecule has 194 valence electrons. The van der Waals surface area contributed by atoms with Crippen LogP contribution in [0, 0.1) is 0 Å². The van der Waals surface area contributed by atoms with Crippen molar-refractivity contribution in [3.63, 3.8) is 0 Å². The van der Waals surface area contributed by atoms with E-state index >= 15 is 0 Å². The second-order valence-corrected chi connectivity index (χ2v) is 10.6. The van der Waals surface area contributed by atoms with Gasteiger partial charge in [-0.25, -0.2) is 0 Å². The van der Waals surface area contributed by atoms with Gasteiger partial charge in [0.15, 0.2) is 5.78 Å². The number of carbonyl (C=O) groups excluding carboxylic acids is 1. The molecule has 0 bridgehead atoms. The van der Waals surface area contributed by atoms with E-state index in [1.807, 2.05) is 36.4 Å². The lowest BCUT2D eigenvalue weighted by atomic mass is 10.0. The van der Waals surface area contributed by atoms with E-state index in [1.54, 1.807) is 0 Å². The Labute approximate surface area is 216 Å². The number of nitrogens with zero attached hydrogens (tertiary/aromatic N) is 2. The van der Waals surface area contributed by atoms with Gasteiger partial charge in [0.2, 0.25) is 0 Å². The topological polar surface area (TPSA) is 42.0 Å². The molecule has 5 heteroatoms. The van der Waals surface area contributed by atoms with Crippen molar-refractivity contribution in [2.45, 2.75) is 64.2 Å². The molecule has 36 heavy (non-hydrogen) atoms. The van der Waals surface area contributed by atoms with Gasteiger partial charge >= 0.3 is 0 Å². The lowest BCUT2D eigenvalue weighted by Crippen LogP contribution is -2.30. The van der Waals surface area contributed by atoms with Crippen LogP contribution in [0.25, 0.3) is 11.1 Å². The van der Waals surface area contributed by atoms with Crippen LogP contribution >= 0.6 is 0 Å². The fourth-order valence-electron chi connectivity index (χ4n) is 5.89. The van der Waals surface area contributed by atoms with E-state index in [1.165, 1.54) is 77.7 Å². The number of carbonyl (C=O) groups is 1. The first-order valence-electron chi connectivity index (χ1n) is 14.3. The minimum absolute atomic E-state index is 0.0867. The normalized spacial score (nSPS) is 18.2. The van der Waals surface area contributed by atoms with Gasteiger partial charge in [0, 0.05) is 22.3 Å². The molecule has 2 saturated heterocycles. The number of rotatable bonds is 12. The van der Waals surface area contributed by atoms with Crippen molar-refractivity contribution in [2.75, 3.05) is 52.5 Å². The molecule has 0 amide bonds. The van der Waals surface area contributed by atoms with Gasteiger partial charge in [-0.05, 0) is 115 Å². The molecule has 0 aromatic heterocycles. The van der Waals surface area contributed by atoms with E-state index in [9.17, 15) is 4.79 Å². The number of unbranched alkanes of at least 4 members (excludes halogenated alkanes) is 2. The lowest BCUT2D eigenvalue weighted by molar-refractivity contribution is 0.104. The van der Waals surface area contributed by atoms with Gasteiger partial charge in [-0.1, -0.05) is 25.0 Å². The number of benzene rings is 2. The van der Waals surface area contributed by atoms with Crippen LogP contribution in [0.15, 0.2) is 36.4 Å². The van der Waals surface area contributed by atoms with Crippen molar-refractivity contribution in [2.24, 2.45) is 0 Å². The zero-order valence-corrected chi connectivity index (χ0v) is 21.8. The molecule has 2 fully saturated rings. The highest BCUT2D eigenvalue weighted by Crippen LogP contribution is 2.44. The summed E-state index contributed by atoms with van der Waals surface area (Å²) < 4.78 is 12.3. The van der Waals surface area contributed by atoms with Crippen molar-refractivity contribution >= 4 is 5.78 Å². The van der Waals surface area contributed by atoms with Gasteiger partial charge in [-0.2, -0.15) is 0 Å². The van der Waals surface area contributed by atoms with Gasteiger partial charge in [0.05, 0.1) is 13.2 Å². The maximum Gasteiger partial charge on any atom is 0.194 e. The molecule has 5 nitrogen and oxygen atoms in total. The standard InChI is InChI=1S/C31H42N2O3/c34-31-26-15-14-25(35-22-9-7-20-32-16-3-1-4-17-32)24-28(26)30-27(31)12-11-13-29(30)36-23-10-8-21-33-18-5-2-6-19-33/h11-15,24H,1-10,16-23H2. The summed E-state index contributed by atoms with van der Waals surface area (Å²) in [4.78, 5) is 18.2. The molecule has 2 aliphatic heterocycles. The quantitative estimate of drug-likeness (QED) is 0.283. The molecule has 0 atom stereocenters. The molecule has 2 aromatic rings. The molecule has 0 spiro atoms. The van der Waals surface area contributed by atoms with Crippen molar-refractivity contribution in [3.05, 3.63) is 47.5 Å². The molecule has 0 saturated carbocycles. The van der Waals surface area contributed by atoms with Gasteiger partial charge < -0.3 is 19.3 Å². The van der Waals surface area contributed by atoms with Crippen molar-refractivity contribution < 1.29 is 14.3 Å². The third-order valence-corrected chi connectivity index (χ3v) is 7.94. The van der Waals surface area contributed by atoms with E-state index in [0.29, 0.717) is 13.2 Å². The molecule has 3 aliphatic rings. The first-order valence-corrected chi connectivity index (χ1v) is 14.3. The third-order valence-electron chi connectivity index (χ3n) is 7.94. The van der Waals surface area contributed by atoms with Crippen LogP contribution in [-0.2, 0) is 0 Å². The second kappa shape index (κ2) is 12.7. The van der Waals surface area contributed by atoms with Crippen LogP contribution in [0.2, 0.25) is 0 Å². The Kier molecular flexibility index (Phi) is 8.95. The highest BCUT2D eigenvalue weighted by Gasteiger charge is 2.30. The monoisotopic (exact) mass is 490 g/mol. The third kappa shape index (κ3) is 6.30. The minimum Gasteiger partial charge on any atom is -0.494 e. The maximum absolute atomic E-state index is 13.0. The van der Waals surface area contributed by atoms with E-state index in [0.717, 1.165) is 59.6 Å². The Morgan fingerprint density at radius 3 is 1.94 bits per heavy atom. The zero-order chi connectivity index (χ0) is 24.6. The summed E-state index contributed by atoms with van der Waals surface area (Å²) in [5, 5.41) is 0. The number of fused-ring (bicyclic) bond motifs is 3. The highest BCUT2D eigenvalue weighted by molar-refractivity contribution is 6.22. The van der Waals surface area contributed by atoms with Gasteiger partial charge in [0.25, 0.3) is 0 Å². The first-order chi connectivity index (χ1) is 17.8. The lowest BCUT2D eigenvalue weighted by Gasteiger charge is -2.26. The van der Waals surface area contributed by atoms with Crippen LogP contribution in [0.1, 0.15) is 80.1 Å². The Balaban J connectivity index is 1.14. The highest BCUT2D eigenvalue weighted by atomic mass is 16.5. The van der Waals surface area contributed by atoms with E-state index in [2.05, 4.69) is 9.80 Å². The largest absolute Gasteiger partial charge is 0.494 e. The second-order valence-electron chi connectivity index (χ2n) is 10.6. The number of hydrogen-bond acceptors (Lipinski definition) is 5. The summed E-state index contributed by atoms with van der Waals surface area (Å²) in [6, 6.07) is 11.7. The van der Waals surface area contributed by atoms with Crippen LogP contribution in [-0.4, -0.2) is 68.1 Å². The molecular weight excluding hydrogens is 448 g/mol. The molecule has 0 radical (unpaired) electrons. The molecule has 1 aliphatic carbocycles. The van der Waals surface area contributed by atoms with Crippen LogP contribution in [0.4, 0.5) is 0 Å². The fourth-order valence-corrected chi connectivity index (χ4v) is 5.89. The number of ketones is 1.